The van der Waals surface area contributed by atoms with Crippen LogP contribution in [0.15, 0.2) is 60.7 Å². The van der Waals surface area contributed by atoms with Crippen LogP contribution in [-0.4, -0.2) is 54.5 Å². The summed E-state index contributed by atoms with van der Waals surface area (Å²) in [6, 6.07) is 12.9. The van der Waals surface area contributed by atoms with Crippen LogP contribution in [0, 0.1) is 0 Å². The smallest absolute Gasteiger partial charge is 0.412 e. The van der Waals surface area contributed by atoms with Crippen LogP contribution < -0.4 is 15.5 Å². The summed E-state index contributed by atoms with van der Waals surface area (Å²) < 4.78 is 16.4. The van der Waals surface area contributed by atoms with Crippen molar-refractivity contribution in [1.82, 2.24) is 5.48 Å². The molecule has 2 amide bonds. The van der Waals surface area contributed by atoms with Gasteiger partial charge in [0.05, 0.1) is 6.61 Å². The van der Waals surface area contributed by atoms with Crippen molar-refractivity contribution in [3.63, 3.8) is 0 Å². The van der Waals surface area contributed by atoms with E-state index < -0.39 is 24.2 Å². The first-order valence-corrected chi connectivity index (χ1v) is 9.95. The van der Waals surface area contributed by atoms with Crippen LogP contribution in [0.25, 0.3) is 0 Å². The first-order valence-electron chi connectivity index (χ1n) is 9.95. The summed E-state index contributed by atoms with van der Waals surface area (Å²) in [4.78, 5) is 35.4. The molecule has 2 aromatic rings. The average Bonchev–Trinajstić information content (AvgIpc) is 2.82. The predicted molar refractivity (Wildman–Crippen MR) is 118 cm³/mol. The number of hydrogen-bond donors (Lipinski definition) is 4. The Bertz CT molecular complexity index is 975. The van der Waals surface area contributed by atoms with Crippen LogP contribution >= 0.6 is 0 Å². The van der Waals surface area contributed by atoms with E-state index in [1.807, 2.05) is 0 Å². The highest BCUT2D eigenvalue weighted by Crippen LogP contribution is 2.28. The molecular weight excluding hydrogens is 432 g/mol. The highest BCUT2D eigenvalue weighted by molar-refractivity contribution is 5.95. The van der Waals surface area contributed by atoms with Crippen LogP contribution in [0.3, 0.4) is 0 Å². The van der Waals surface area contributed by atoms with E-state index in [1.165, 1.54) is 25.6 Å². The van der Waals surface area contributed by atoms with Gasteiger partial charge in [-0.15, -0.1) is 0 Å². The van der Waals surface area contributed by atoms with Crippen molar-refractivity contribution < 1.29 is 38.9 Å². The molecule has 0 radical (unpaired) electrons. The van der Waals surface area contributed by atoms with Crippen molar-refractivity contribution in [3.8, 4) is 5.75 Å². The SMILES string of the molecule is CO[C@@H](/C=C/C(=O)NO)[C@@H](OC(=O)Nc1ccc(C(C)=O)cc1)c1cccc(OCCO)c1. The lowest BCUT2D eigenvalue weighted by molar-refractivity contribution is -0.124. The second-order valence-corrected chi connectivity index (χ2v) is 6.76. The molecule has 0 fully saturated rings. The molecule has 0 aromatic heterocycles. The second-order valence-electron chi connectivity index (χ2n) is 6.76. The number of hydroxylamine groups is 1. The van der Waals surface area contributed by atoms with E-state index in [0.29, 0.717) is 22.6 Å². The highest BCUT2D eigenvalue weighted by atomic mass is 16.6. The summed E-state index contributed by atoms with van der Waals surface area (Å²) in [5, 5.41) is 20.3. The number of hydrogen-bond acceptors (Lipinski definition) is 8. The van der Waals surface area contributed by atoms with Crippen molar-refractivity contribution >= 4 is 23.5 Å². The third kappa shape index (κ3) is 8.04. The minimum atomic E-state index is -1.01. The van der Waals surface area contributed by atoms with E-state index in [4.69, 9.17) is 24.5 Å². The van der Waals surface area contributed by atoms with Gasteiger partial charge in [-0.2, -0.15) is 0 Å². The second kappa shape index (κ2) is 13.0. The number of ketones is 1. The van der Waals surface area contributed by atoms with E-state index in [2.05, 4.69) is 5.32 Å². The number of amides is 2. The third-order valence-corrected chi connectivity index (χ3v) is 4.44. The van der Waals surface area contributed by atoms with Gasteiger partial charge in [-0.1, -0.05) is 12.1 Å². The Morgan fingerprint density at radius 2 is 1.85 bits per heavy atom. The normalized spacial score (nSPS) is 12.6. The lowest BCUT2D eigenvalue weighted by atomic mass is 10.0. The lowest BCUT2D eigenvalue weighted by Crippen LogP contribution is -2.27. The third-order valence-electron chi connectivity index (χ3n) is 4.44. The molecule has 10 nitrogen and oxygen atoms in total. The average molecular weight is 458 g/mol. The number of benzene rings is 2. The quantitative estimate of drug-likeness (QED) is 0.174. The fourth-order valence-electron chi connectivity index (χ4n) is 2.84. The van der Waals surface area contributed by atoms with Crippen molar-refractivity contribution in [3.05, 3.63) is 71.8 Å². The predicted octanol–water partition coefficient (Wildman–Crippen LogP) is 2.63. The summed E-state index contributed by atoms with van der Waals surface area (Å²) in [5.41, 5.74) is 2.87. The number of anilines is 1. The zero-order chi connectivity index (χ0) is 24.2. The number of aliphatic hydroxyl groups excluding tert-OH is 1. The molecule has 33 heavy (non-hydrogen) atoms. The van der Waals surface area contributed by atoms with Gasteiger partial charge in [0.2, 0.25) is 0 Å². The Morgan fingerprint density at radius 1 is 1.12 bits per heavy atom. The fraction of sp³-hybridized carbons (Fsp3) is 0.261. The van der Waals surface area contributed by atoms with E-state index in [9.17, 15) is 14.4 Å². The minimum absolute atomic E-state index is 0.0794. The number of methoxy groups -OCH3 is 1. The molecule has 0 saturated heterocycles. The van der Waals surface area contributed by atoms with Gasteiger partial charge in [0.15, 0.2) is 11.9 Å². The number of aliphatic hydroxyl groups is 1. The number of Topliss-reactive ketones (excluding diaryl/α,β-unsaturated/α-hetero) is 1. The molecule has 0 heterocycles. The van der Waals surface area contributed by atoms with E-state index in [-0.39, 0.29) is 19.0 Å². The Hall–Kier alpha value is -3.73. The van der Waals surface area contributed by atoms with Crippen molar-refractivity contribution in [2.24, 2.45) is 0 Å². The molecule has 0 aliphatic carbocycles. The van der Waals surface area contributed by atoms with Crippen LogP contribution in [0.4, 0.5) is 10.5 Å². The van der Waals surface area contributed by atoms with Gasteiger partial charge in [-0.3, -0.25) is 20.1 Å². The molecule has 2 atom stereocenters. The monoisotopic (exact) mass is 458 g/mol. The lowest BCUT2D eigenvalue weighted by Gasteiger charge is -2.25. The van der Waals surface area contributed by atoms with Crippen molar-refractivity contribution in [2.75, 3.05) is 25.6 Å². The molecule has 0 aliphatic rings. The van der Waals surface area contributed by atoms with Gasteiger partial charge in [-0.25, -0.2) is 10.3 Å². The zero-order valence-electron chi connectivity index (χ0n) is 18.2. The topological polar surface area (TPSA) is 143 Å². The number of ether oxygens (including phenoxy) is 3. The molecule has 2 aromatic carbocycles. The first-order chi connectivity index (χ1) is 15.9. The van der Waals surface area contributed by atoms with Gasteiger partial charge in [0.25, 0.3) is 5.91 Å². The summed E-state index contributed by atoms with van der Waals surface area (Å²) >= 11 is 0. The van der Waals surface area contributed by atoms with E-state index in [1.54, 1.807) is 48.5 Å². The molecule has 4 N–H and O–H groups in total. The molecule has 176 valence electrons. The Labute approximate surface area is 190 Å². The molecule has 0 aliphatic heterocycles. The van der Waals surface area contributed by atoms with Gasteiger partial charge in [0, 0.05) is 24.4 Å². The zero-order valence-corrected chi connectivity index (χ0v) is 18.2. The maximum Gasteiger partial charge on any atom is 0.412 e. The number of rotatable bonds is 11. The summed E-state index contributed by atoms with van der Waals surface area (Å²) in [6.45, 7) is 1.35. The Kier molecular flexibility index (Phi) is 10.0. The molecule has 0 bridgehead atoms. The molecule has 2 rings (SSSR count). The van der Waals surface area contributed by atoms with Crippen LogP contribution in [-0.2, 0) is 14.3 Å². The summed E-state index contributed by atoms with van der Waals surface area (Å²) in [7, 11) is 1.37. The molecule has 0 unspecified atom stereocenters. The van der Waals surface area contributed by atoms with Crippen molar-refractivity contribution in [2.45, 2.75) is 19.1 Å². The van der Waals surface area contributed by atoms with Gasteiger partial charge in [-0.05, 0) is 55.0 Å². The first kappa shape index (κ1) is 25.5. The summed E-state index contributed by atoms with van der Waals surface area (Å²) in [5.74, 6) is -0.456. The largest absolute Gasteiger partial charge is 0.491 e. The van der Waals surface area contributed by atoms with Crippen LogP contribution in [0.1, 0.15) is 28.9 Å². The van der Waals surface area contributed by atoms with Crippen LogP contribution in [0.2, 0.25) is 0 Å². The highest BCUT2D eigenvalue weighted by Gasteiger charge is 2.26. The number of nitrogens with one attached hydrogen (secondary N) is 2. The van der Waals surface area contributed by atoms with E-state index >= 15 is 0 Å². The fourth-order valence-corrected chi connectivity index (χ4v) is 2.84. The van der Waals surface area contributed by atoms with E-state index in [0.717, 1.165) is 6.08 Å². The van der Waals surface area contributed by atoms with Gasteiger partial charge in [0.1, 0.15) is 18.5 Å². The minimum Gasteiger partial charge on any atom is -0.491 e. The number of carbonyl (C=O) groups is 3. The van der Waals surface area contributed by atoms with Crippen LogP contribution in [0.5, 0.6) is 5.75 Å². The maximum absolute atomic E-state index is 12.6. The summed E-state index contributed by atoms with van der Waals surface area (Å²) in [6.07, 6.45) is -0.353. The molecular formula is C23H26N2O8. The standard InChI is InChI=1S/C23H26N2O8/c1-15(27)16-6-8-18(9-7-16)24-23(29)33-22(20(31-2)10-11-21(28)25-30)17-4-3-5-19(14-17)32-13-12-26/h3-11,14,20,22,26,30H,12-13H2,1-2H3,(H,24,29)(H,25,28)/b11-10+/t20-,22-/m0/s1. The maximum atomic E-state index is 12.6. The van der Waals surface area contributed by atoms with Gasteiger partial charge < -0.3 is 19.3 Å². The molecule has 0 saturated carbocycles. The molecule has 10 heteroatoms. The Morgan fingerprint density at radius 3 is 2.45 bits per heavy atom. The van der Waals surface area contributed by atoms with Gasteiger partial charge >= 0.3 is 6.09 Å². The Balaban J connectivity index is 2.27. The van der Waals surface area contributed by atoms with Crippen molar-refractivity contribution in [1.29, 1.82) is 0 Å². The number of carbonyl (C=O) groups excluding carboxylic acids is 3. The molecule has 0 spiro atoms.